The smallest absolute Gasteiger partial charge is 0.235 e. The Morgan fingerprint density at radius 1 is 0.364 bits per heavy atom. The Hall–Kier alpha value is -7.08. The Balaban J connectivity index is 1.14. The molecule has 12 rings (SSSR count). The van der Waals surface area contributed by atoms with Gasteiger partial charge in [-0.3, -0.25) is 4.57 Å². The molecule has 12 aromatic rings. The largest absolute Gasteiger partial charge is 0.308 e. The SMILES string of the molecule is c1ccc(-c2ccc(-c3nc(-n4c5ccccc5c5c6c7ccccc7n(-c7cccc8c7sc7ccccc78)c6ccc54)nc4ccccc34)cc2)cc1. The second kappa shape index (κ2) is 11.7. The molecule has 0 saturated carbocycles. The number of para-hydroxylation sites is 3. The normalized spacial score (nSPS) is 12.0. The highest BCUT2D eigenvalue weighted by Gasteiger charge is 2.23. The van der Waals surface area contributed by atoms with Crippen molar-refractivity contribution in [3.05, 3.63) is 182 Å². The van der Waals surface area contributed by atoms with Crippen LogP contribution in [0.2, 0.25) is 0 Å². The summed E-state index contributed by atoms with van der Waals surface area (Å²) < 4.78 is 7.33. The number of hydrogen-bond acceptors (Lipinski definition) is 3. The summed E-state index contributed by atoms with van der Waals surface area (Å²) in [6, 6.07) is 65.2. The van der Waals surface area contributed by atoms with Gasteiger partial charge in [-0.05, 0) is 53.6 Å². The van der Waals surface area contributed by atoms with Crippen molar-refractivity contribution < 1.29 is 0 Å². The van der Waals surface area contributed by atoms with Gasteiger partial charge in [-0.15, -0.1) is 11.3 Å². The first-order valence-electron chi connectivity index (χ1n) is 18.6. The maximum atomic E-state index is 5.41. The molecule has 0 aliphatic heterocycles. The zero-order chi connectivity index (χ0) is 36.0. The van der Waals surface area contributed by atoms with Crippen LogP contribution in [0.5, 0.6) is 0 Å². The molecule has 0 aliphatic carbocycles. The van der Waals surface area contributed by atoms with Gasteiger partial charge in [0.1, 0.15) is 0 Å². The molecule has 0 aliphatic rings. The lowest BCUT2D eigenvalue weighted by molar-refractivity contribution is 1.01. The molecule has 0 saturated heterocycles. The number of rotatable bonds is 4. The van der Waals surface area contributed by atoms with Crippen LogP contribution in [0.15, 0.2) is 182 Å². The summed E-state index contributed by atoms with van der Waals surface area (Å²) in [5.74, 6) is 0.658. The molecule has 0 spiro atoms. The van der Waals surface area contributed by atoms with Gasteiger partial charge in [0.15, 0.2) is 0 Å². The summed E-state index contributed by atoms with van der Waals surface area (Å²) in [5.41, 5.74) is 11.0. The third-order valence-corrected chi connectivity index (χ3v) is 12.4. The second-order valence-corrected chi connectivity index (χ2v) is 15.2. The summed E-state index contributed by atoms with van der Waals surface area (Å²) in [4.78, 5) is 10.7. The van der Waals surface area contributed by atoms with Crippen LogP contribution in [0.3, 0.4) is 0 Å². The summed E-state index contributed by atoms with van der Waals surface area (Å²) >= 11 is 1.87. The van der Waals surface area contributed by atoms with Crippen molar-refractivity contribution in [2.45, 2.75) is 0 Å². The lowest BCUT2D eigenvalue weighted by Gasteiger charge is -2.12. The highest BCUT2D eigenvalue weighted by molar-refractivity contribution is 7.26. The number of nitrogens with zero attached hydrogens (tertiary/aromatic N) is 4. The molecular formula is C50H30N4S. The van der Waals surface area contributed by atoms with Crippen molar-refractivity contribution in [2.24, 2.45) is 0 Å². The molecule has 4 heterocycles. The maximum absolute atomic E-state index is 5.41. The first kappa shape index (κ1) is 30.4. The number of benzene rings is 8. The molecule has 0 unspecified atom stereocenters. The second-order valence-electron chi connectivity index (χ2n) is 14.1. The van der Waals surface area contributed by atoms with Crippen LogP contribution >= 0.6 is 11.3 Å². The number of thiophene rings is 1. The van der Waals surface area contributed by atoms with E-state index in [-0.39, 0.29) is 0 Å². The van der Waals surface area contributed by atoms with E-state index in [1.54, 1.807) is 0 Å². The summed E-state index contributed by atoms with van der Waals surface area (Å²) in [5, 5.41) is 8.47. The van der Waals surface area contributed by atoms with Crippen LogP contribution < -0.4 is 0 Å². The summed E-state index contributed by atoms with van der Waals surface area (Å²) in [6.07, 6.45) is 0. The maximum Gasteiger partial charge on any atom is 0.235 e. The Morgan fingerprint density at radius 3 is 1.69 bits per heavy atom. The molecule has 256 valence electrons. The van der Waals surface area contributed by atoms with Crippen molar-refractivity contribution in [1.29, 1.82) is 0 Å². The number of aromatic nitrogens is 4. The fourth-order valence-corrected chi connectivity index (χ4v) is 9.94. The lowest BCUT2D eigenvalue weighted by atomic mass is 10.0. The van der Waals surface area contributed by atoms with E-state index >= 15 is 0 Å². The predicted molar refractivity (Wildman–Crippen MR) is 232 cm³/mol. The molecule has 8 aromatic carbocycles. The molecule has 0 fully saturated rings. The van der Waals surface area contributed by atoms with Crippen molar-refractivity contribution in [3.8, 4) is 34.0 Å². The molecule has 0 amide bonds. The van der Waals surface area contributed by atoms with E-state index in [1.807, 2.05) is 11.3 Å². The van der Waals surface area contributed by atoms with Crippen LogP contribution in [0.25, 0.3) is 109 Å². The minimum Gasteiger partial charge on any atom is -0.308 e. The molecule has 0 bridgehead atoms. The van der Waals surface area contributed by atoms with E-state index in [1.165, 1.54) is 69.6 Å². The summed E-state index contributed by atoms with van der Waals surface area (Å²) in [6.45, 7) is 0. The Kier molecular flexibility index (Phi) is 6.47. The highest BCUT2D eigenvalue weighted by Crippen LogP contribution is 2.45. The Labute approximate surface area is 319 Å². The number of hydrogen-bond donors (Lipinski definition) is 0. The van der Waals surface area contributed by atoms with Gasteiger partial charge in [-0.1, -0.05) is 140 Å². The summed E-state index contributed by atoms with van der Waals surface area (Å²) in [7, 11) is 0. The highest BCUT2D eigenvalue weighted by atomic mass is 32.1. The van der Waals surface area contributed by atoms with Crippen LogP contribution in [0.4, 0.5) is 0 Å². The van der Waals surface area contributed by atoms with Gasteiger partial charge < -0.3 is 4.57 Å². The van der Waals surface area contributed by atoms with E-state index in [2.05, 4.69) is 191 Å². The molecule has 0 atom stereocenters. The van der Waals surface area contributed by atoms with Gasteiger partial charge in [0.2, 0.25) is 5.95 Å². The van der Waals surface area contributed by atoms with E-state index in [9.17, 15) is 0 Å². The minimum atomic E-state index is 0.658. The van der Waals surface area contributed by atoms with Crippen molar-refractivity contribution in [1.82, 2.24) is 19.1 Å². The van der Waals surface area contributed by atoms with Gasteiger partial charge in [-0.2, -0.15) is 0 Å². The standard InChI is InChI=1S/C50H30N4S/c1-2-13-31(14-3-1)32-25-27-33(28-26-32)48-36-16-4-8-20-39(36)51-50(52-48)54-41-22-10-6-18-38(41)47-43(54)30-29-42-46(47)37-17-5-9-21-40(37)53(42)44-23-12-19-35-34-15-7-11-24-45(34)55-49(35)44/h1-30H. The quantitative estimate of drug-likeness (QED) is 0.182. The van der Waals surface area contributed by atoms with Crippen LogP contribution in [0.1, 0.15) is 0 Å². The Bertz CT molecular complexity index is 3480. The molecule has 55 heavy (non-hydrogen) atoms. The van der Waals surface area contributed by atoms with E-state index < -0.39 is 0 Å². The molecule has 4 nitrogen and oxygen atoms in total. The van der Waals surface area contributed by atoms with Crippen LogP contribution in [-0.2, 0) is 0 Å². The van der Waals surface area contributed by atoms with E-state index in [0.717, 1.165) is 33.2 Å². The molecule has 0 N–H and O–H groups in total. The fraction of sp³-hybridized carbons (Fsp3) is 0. The van der Waals surface area contributed by atoms with Gasteiger partial charge in [0.05, 0.1) is 43.7 Å². The third-order valence-electron chi connectivity index (χ3n) is 11.2. The molecule has 0 radical (unpaired) electrons. The van der Waals surface area contributed by atoms with Crippen molar-refractivity contribution in [3.63, 3.8) is 0 Å². The monoisotopic (exact) mass is 718 g/mol. The molecular weight excluding hydrogens is 689 g/mol. The van der Waals surface area contributed by atoms with Gasteiger partial charge in [-0.25, -0.2) is 9.97 Å². The van der Waals surface area contributed by atoms with Crippen LogP contribution in [0, 0.1) is 0 Å². The van der Waals surface area contributed by atoms with Gasteiger partial charge >= 0.3 is 0 Å². The average molecular weight is 719 g/mol. The fourth-order valence-electron chi connectivity index (χ4n) is 8.74. The van der Waals surface area contributed by atoms with Gasteiger partial charge in [0.25, 0.3) is 0 Å². The number of fused-ring (bicyclic) bond motifs is 11. The van der Waals surface area contributed by atoms with E-state index in [0.29, 0.717) is 5.95 Å². The first-order chi connectivity index (χ1) is 27.3. The third kappa shape index (κ3) is 4.45. The minimum absolute atomic E-state index is 0.658. The lowest BCUT2D eigenvalue weighted by Crippen LogP contribution is -2.03. The predicted octanol–water partition coefficient (Wildman–Crippen LogP) is 13.5. The van der Waals surface area contributed by atoms with Crippen molar-refractivity contribution in [2.75, 3.05) is 0 Å². The van der Waals surface area contributed by atoms with Crippen molar-refractivity contribution >= 4 is 86.0 Å². The average Bonchev–Trinajstić information content (AvgIpc) is 3.91. The molecule has 5 heteroatoms. The Morgan fingerprint density at radius 2 is 0.927 bits per heavy atom. The van der Waals surface area contributed by atoms with Crippen LogP contribution in [-0.4, -0.2) is 19.1 Å². The molecule has 4 aromatic heterocycles. The van der Waals surface area contributed by atoms with Gasteiger partial charge in [0, 0.05) is 48.0 Å². The zero-order valence-corrected chi connectivity index (χ0v) is 30.3. The van der Waals surface area contributed by atoms with E-state index in [4.69, 9.17) is 9.97 Å². The first-order valence-corrected chi connectivity index (χ1v) is 19.4. The zero-order valence-electron chi connectivity index (χ0n) is 29.5. The topological polar surface area (TPSA) is 35.6 Å².